The van der Waals surface area contributed by atoms with Gasteiger partial charge >= 0.3 is 12.6 Å². The quantitative estimate of drug-likeness (QED) is 0.135. The number of alkyl halides is 2. The van der Waals surface area contributed by atoms with Crippen LogP contribution in [-0.2, 0) is 23.9 Å². The second-order valence-electron chi connectivity index (χ2n) is 9.55. The molecular formula is C29H29F2N5O7S. The second kappa shape index (κ2) is 14.5. The number of carbonyl (C=O) groups is 4. The van der Waals surface area contributed by atoms with E-state index in [1.54, 1.807) is 24.3 Å². The molecule has 4 rings (SSSR count). The summed E-state index contributed by atoms with van der Waals surface area (Å²) in [6.07, 6.45) is -1.46. The average molecular weight is 630 g/mol. The molecule has 3 amide bonds. The van der Waals surface area contributed by atoms with Gasteiger partial charge in [0, 0.05) is 34.3 Å². The minimum atomic E-state index is -3.15. The molecule has 3 aromatic rings. The highest BCUT2D eigenvalue weighted by molar-refractivity contribution is 7.10. The molecule has 2 aromatic carbocycles. The van der Waals surface area contributed by atoms with Crippen molar-refractivity contribution < 1.29 is 42.2 Å². The number of amidine groups is 1. The lowest BCUT2D eigenvalue weighted by Gasteiger charge is -2.25. The minimum Gasteiger partial charge on any atom is -0.467 e. The Kier molecular flexibility index (Phi) is 10.6. The van der Waals surface area contributed by atoms with Crippen molar-refractivity contribution in [2.75, 3.05) is 20.2 Å². The lowest BCUT2D eigenvalue weighted by Crippen LogP contribution is -2.50. The summed E-state index contributed by atoms with van der Waals surface area (Å²) >= 11 is 1.04. The number of ether oxygens (including phenoxy) is 3. The normalized spacial score (nSPS) is 16.7. The predicted octanol–water partition coefficient (Wildman–Crippen LogP) is 2.79. The maximum absolute atomic E-state index is 13.3. The zero-order valence-corrected chi connectivity index (χ0v) is 24.1. The van der Waals surface area contributed by atoms with Crippen molar-refractivity contribution in [3.05, 3.63) is 82.0 Å². The SMILES string of the molecule is COC(=O)C(NC(=O)[C@@H]1C[C@@H](OC(F)F)CN1C(=O)CNC(=O)c1ccc(Oc2ccccc2)cc1)c1cc(C(=N)N)cs1. The Morgan fingerprint density at radius 2 is 1.75 bits per heavy atom. The minimum absolute atomic E-state index is 0.231. The number of likely N-dealkylation sites (tertiary alicyclic amines) is 1. The summed E-state index contributed by atoms with van der Waals surface area (Å²) in [5, 5.41) is 14.1. The van der Waals surface area contributed by atoms with Crippen LogP contribution in [0.15, 0.2) is 66.0 Å². The van der Waals surface area contributed by atoms with Gasteiger partial charge in [-0.15, -0.1) is 11.3 Å². The van der Waals surface area contributed by atoms with Gasteiger partial charge in [0.05, 0.1) is 19.8 Å². The number of esters is 1. The summed E-state index contributed by atoms with van der Waals surface area (Å²) in [4.78, 5) is 53.0. The summed E-state index contributed by atoms with van der Waals surface area (Å²) in [7, 11) is 1.12. The Hall–Kier alpha value is -4.89. The van der Waals surface area contributed by atoms with Gasteiger partial charge in [0.25, 0.3) is 5.91 Å². The summed E-state index contributed by atoms with van der Waals surface area (Å²) in [6, 6.07) is 14.0. The molecule has 3 atom stereocenters. The van der Waals surface area contributed by atoms with Crippen LogP contribution in [0.2, 0.25) is 0 Å². The fourth-order valence-electron chi connectivity index (χ4n) is 4.47. The van der Waals surface area contributed by atoms with Gasteiger partial charge in [-0.05, 0) is 42.5 Å². The molecule has 0 radical (unpaired) electrons. The van der Waals surface area contributed by atoms with Crippen LogP contribution >= 0.6 is 11.3 Å². The standard InChI is InChI=1S/C29H29F2N5O7S/c1-41-28(40)24(22-11-17(15-44-22)25(32)33)35-27(39)21-12-20(43-29(30)31)14-36(21)23(37)13-34-26(38)16-7-9-19(10-8-16)42-18-5-3-2-4-6-18/h2-11,15,20-21,24,29H,12-14H2,1H3,(H3,32,33)(H,34,38)(H,35,39)/t20-,21+,24?/m1/s1. The molecule has 12 nitrogen and oxygen atoms in total. The van der Waals surface area contributed by atoms with Gasteiger partial charge in [-0.2, -0.15) is 8.78 Å². The Morgan fingerprint density at radius 1 is 1.07 bits per heavy atom. The fraction of sp³-hybridized carbons (Fsp3) is 0.276. The van der Waals surface area contributed by atoms with Crippen LogP contribution < -0.4 is 21.1 Å². The van der Waals surface area contributed by atoms with E-state index in [1.165, 1.54) is 23.6 Å². The number of methoxy groups -OCH3 is 1. The molecule has 1 aromatic heterocycles. The van der Waals surface area contributed by atoms with E-state index in [0.29, 0.717) is 21.9 Å². The van der Waals surface area contributed by atoms with Crippen molar-refractivity contribution in [1.29, 1.82) is 5.41 Å². The smallest absolute Gasteiger partial charge is 0.345 e. The lowest BCUT2D eigenvalue weighted by atomic mass is 10.1. The number of nitrogens with one attached hydrogen (secondary N) is 3. The Bertz CT molecular complexity index is 1500. The number of benzene rings is 2. The zero-order valence-electron chi connectivity index (χ0n) is 23.3. The van der Waals surface area contributed by atoms with E-state index >= 15 is 0 Å². The molecule has 0 aliphatic carbocycles. The molecule has 2 heterocycles. The van der Waals surface area contributed by atoms with E-state index in [0.717, 1.165) is 23.3 Å². The lowest BCUT2D eigenvalue weighted by molar-refractivity contribution is -0.160. The number of hydrogen-bond acceptors (Lipinski definition) is 9. The molecule has 0 saturated carbocycles. The van der Waals surface area contributed by atoms with Crippen LogP contribution in [-0.4, -0.2) is 73.4 Å². The maximum Gasteiger partial charge on any atom is 0.345 e. The monoisotopic (exact) mass is 629 g/mol. The number of carbonyl (C=O) groups excluding carboxylic acids is 4. The van der Waals surface area contributed by atoms with Gasteiger partial charge in [-0.1, -0.05) is 18.2 Å². The number of nitrogens with zero attached hydrogens (tertiary/aromatic N) is 1. The molecule has 44 heavy (non-hydrogen) atoms. The molecule has 232 valence electrons. The van der Waals surface area contributed by atoms with Gasteiger partial charge in [-0.3, -0.25) is 19.8 Å². The highest BCUT2D eigenvalue weighted by Crippen LogP contribution is 2.27. The maximum atomic E-state index is 13.3. The van der Waals surface area contributed by atoms with Gasteiger partial charge in [0.15, 0.2) is 6.04 Å². The number of thiophene rings is 1. The van der Waals surface area contributed by atoms with E-state index < -0.39 is 55.0 Å². The highest BCUT2D eigenvalue weighted by atomic mass is 32.1. The molecule has 5 N–H and O–H groups in total. The third kappa shape index (κ3) is 8.14. The van der Waals surface area contributed by atoms with Gasteiger partial charge in [0.1, 0.15) is 23.4 Å². The zero-order chi connectivity index (χ0) is 31.8. The third-order valence-electron chi connectivity index (χ3n) is 6.62. The van der Waals surface area contributed by atoms with Gasteiger partial charge < -0.3 is 35.5 Å². The number of nitrogens with two attached hydrogens (primary N) is 1. The van der Waals surface area contributed by atoms with Crippen molar-refractivity contribution >= 4 is 40.9 Å². The first-order chi connectivity index (χ1) is 21.0. The molecular weight excluding hydrogens is 600 g/mol. The third-order valence-corrected chi connectivity index (χ3v) is 7.61. The van der Waals surface area contributed by atoms with E-state index in [1.807, 2.05) is 18.2 Å². The topological polar surface area (TPSA) is 173 Å². The number of halogens is 2. The molecule has 0 bridgehead atoms. The summed E-state index contributed by atoms with van der Waals surface area (Å²) in [5.74, 6) is -2.12. The number of nitrogen functional groups attached to an aromatic ring is 1. The molecule has 1 unspecified atom stereocenters. The van der Waals surface area contributed by atoms with Crippen LogP contribution in [0.5, 0.6) is 11.5 Å². The van der Waals surface area contributed by atoms with E-state index in [4.69, 9.17) is 20.6 Å². The molecule has 0 spiro atoms. The van der Waals surface area contributed by atoms with Crippen molar-refractivity contribution in [2.45, 2.75) is 31.2 Å². The number of amides is 3. The number of hydrogen-bond donors (Lipinski definition) is 4. The van der Waals surface area contributed by atoms with Crippen LogP contribution in [0.3, 0.4) is 0 Å². The molecule has 1 aliphatic rings. The largest absolute Gasteiger partial charge is 0.467 e. The van der Waals surface area contributed by atoms with Crippen LogP contribution in [0.25, 0.3) is 0 Å². The summed E-state index contributed by atoms with van der Waals surface area (Å²) < 4.78 is 41.1. The van der Waals surface area contributed by atoms with Crippen molar-refractivity contribution in [2.24, 2.45) is 5.73 Å². The van der Waals surface area contributed by atoms with Crippen molar-refractivity contribution in [3.8, 4) is 11.5 Å². The fourth-order valence-corrected chi connectivity index (χ4v) is 5.42. The van der Waals surface area contributed by atoms with E-state index in [9.17, 15) is 28.0 Å². The van der Waals surface area contributed by atoms with Crippen molar-refractivity contribution in [1.82, 2.24) is 15.5 Å². The van der Waals surface area contributed by atoms with Crippen LogP contribution in [0.1, 0.15) is 33.3 Å². The first-order valence-corrected chi connectivity index (χ1v) is 14.1. The first-order valence-electron chi connectivity index (χ1n) is 13.2. The van der Waals surface area contributed by atoms with E-state index in [2.05, 4.69) is 15.4 Å². The van der Waals surface area contributed by atoms with Crippen molar-refractivity contribution in [3.63, 3.8) is 0 Å². The molecule has 1 aliphatic heterocycles. The Balaban J connectivity index is 1.42. The average Bonchev–Trinajstić information content (AvgIpc) is 3.67. The molecule has 1 fully saturated rings. The summed E-state index contributed by atoms with van der Waals surface area (Å²) in [5.41, 5.74) is 6.05. The number of para-hydroxylation sites is 1. The highest BCUT2D eigenvalue weighted by Gasteiger charge is 2.42. The summed E-state index contributed by atoms with van der Waals surface area (Å²) in [6.45, 7) is -4.04. The van der Waals surface area contributed by atoms with Crippen LogP contribution in [0.4, 0.5) is 8.78 Å². The van der Waals surface area contributed by atoms with Gasteiger partial charge in [-0.25, -0.2) is 4.79 Å². The Morgan fingerprint density at radius 3 is 2.36 bits per heavy atom. The predicted molar refractivity (Wildman–Crippen MR) is 155 cm³/mol. The number of rotatable bonds is 12. The molecule has 15 heteroatoms. The first kappa shape index (κ1) is 32.0. The second-order valence-corrected chi connectivity index (χ2v) is 10.5. The van der Waals surface area contributed by atoms with Gasteiger partial charge in [0.2, 0.25) is 11.8 Å². The van der Waals surface area contributed by atoms with Crippen LogP contribution in [0, 0.1) is 5.41 Å². The van der Waals surface area contributed by atoms with E-state index in [-0.39, 0.29) is 24.4 Å². The molecule has 1 saturated heterocycles. The Labute approximate surface area is 254 Å².